The summed E-state index contributed by atoms with van der Waals surface area (Å²) in [5.74, 6) is 0.290. The molecule has 1 amide bonds. The number of nitrogens with one attached hydrogen (secondary N) is 1. The second-order valence-electron chi connectivity index (χ2n) is 8.45. The van der Waals surface area contributed by atoms with Crippen molar-refractivity contribution in [3.05, 3.63) is 130 Å². The van der Waals surface area contributed by atoms with E-state index in [1.165, 1.54) is 17.7 Å². The zero-order valence-corrected chi connectivity index (χ0v) is 20.3. The van der Waals surface area contributed by atoms with Gasteiger partial charge in [0.2, 0.25) is 5.75 Å². The molecule has 7 nitrogen and oxygen atoms in total. The number of nitro groups is 1. The highest BCUT2D eigenvalue weighted by Gasteiger charge is 2.21. The molecule has 0 atom stereocenters. The van der Waals surface area contributed by atoms with Gasteiger partial charge in [-0.2, -0.15) is 0 Å². The van der Waals surface area contributed by atoms with Gasteiger partial charge in [0, 0.05) is 11.6 Å². The van der Waals surface area contributed by atoms with Crippen LogP contribution >= 0.6 is 0 Å². The molecule has 4 rings (SSSR count). The first-order chi connectivity index (χ1) is 18.1. The maximum atomic E-state index is 12.9. The van der Waals surface area contributed by atoms with Gasteiger partial charge in [0.05, 0.1) is 17.2 Å². The third-order valence-electron chi connectivity index (χ3n) is 5.75. The minimum Gasteiger partial charge on any atom is -0.494 e. The van der Waals surface area contributed by atoms with Crippen molar-refractivity contribution in [2.24, 2.45) is 0 Å². The van der Waals surface area contributed by atoms with E-state index in [-0.39, 0.29) is 23.7 Å². The number of nitrogens with zero attached hydrogens (tertiary/aromatic N) is 1. The summed E-state index contributed by atoms with van der Waals surface area (Å²) in [6.45, 7) is 0.722. The van der Waals surface area contributed by atoms with E-state index in [9.17, 15) is 14.9 Å². The van der Waals surface area contributed by atoms with Crippen molar-refractivity contribution in [3.63, 3.8) is 0 Å². The number of hydrogen-bond acceptors (Lipinski definition) is 5. The van der Waals surface area contributed by atoms with Crippen LogP contribution < -0.4 is 14.8 Å². The number of nitro benzene ring substituents is 1. The standard InChI is InChI=1S/C30H28N2O5/c33-30(25-17-19-26(20-18-25)36-21-8-7-12-23-10-3-1-4-11-23)31-27-15-9-16-28(32(34)35)29(27)37-22-24-13-5-2-6-14-24/h1-6,9-11,13-20H,7-8,12,21-22H2,(H,31,33). The first-order valence-corrected chi connectivity index (χ1v) is 12.1. The molecule has 0 aliphatic heterocycles. The van der Waals surface area contributed by atoms with Gasteiger partial charge in [0.1, 0.15) is 12.4 Å². The lowest BCUT2D eigenvalue weighted by Gasteiger charge is -2.13. The molecule has 0 unspecified atom stereocenters. The Morgan fingerprint density at radius 3 is 2.11 bits per heavy atom. The summed E-state index contributed by atoms with van der Waals surface area (Å²) in [4.78, 5) is 23.9. The monoisotopic (exact) mass is 496 g/mol. The van der Waals surface area contributed by atoms with Crippen LogP contribution in [0.15, 0.2) is 103 Å². The van der Waals surface area contributed by atoms with Crippen molar-refractivity contribution in [3.8, 4) is 11.5 Å². The van der Waals surface area contributed by atoms with Crippen molar-refractivity contribution in [2.45, 2.75) is 25.9 Å². The Hall–Kier alpha value is -4.65. The summed E-state index contributed by atoms with van der Waals surface area (Å²) in [7, 11) is 0. The first kappa shape index (κ1) is 25.4. The van der Waals surface area contributed by atoms with E-state index in [4.69, 9.17) is 9.47 Å². The minimum absolute atomic E-state index is 0.0140. The molecular formula is C30H28N2O5. The topological polar surface area (TPSA) is 90.7 Å². The largest absolute Gasteiger partial charge is 0.494 e. The van der Waals surface area contributed by atoms with Crippen LogP contribution in [0.3, 0.4) is 0 Å². The van der Waals surface area contributed by atoms with Crippen LogP contribution in [-0.4, -0.2) is 17.4 Å². The summed E-state index contributed by atoms with van der Waals surface area (Å²) < 4.78 is 11.6. The number of aryl methyl sites for hydroxylation is 1. The number of carbonyl (C=O) groups excluding carboxylic acids is 1. The Balaban J connectivity index is 1.34. The fourth-order valence-electron chi connectivity index (χ4n) is 3.81. The maximum Gasteiger partial charge on any atom is 0.313 e. The lowest BCUT2D eigenvalue weighted by molar-refractivity contribution is -0.385. The van der Waals surface area contributed by atoms with E-state index in [2.05, 4.69) is 17.4 Å². The molecule has 0 aliphatic rings. The summed E-state index contributed by atoms with van der Waals surface area (Å²) in [6.07, 6.45) is 2.97. The second-order valence-corrected chi connectivity index (χ2v) is 8.45. The van der Waals surface area contributed by atoms with Gasteiger partial charge in [-0.1, -0.05) is 66.7 Å². The Kier molecular flexibility index (Phi) is 8.86. The summed E-state index contributed by atoms with van der Waals surface area (Å²) >= 11 is 0. The average Bonchev–Trinajstić information content (AvgIpc) is 2.93. The molecule has 0 bridgehead atoms. The molecule has 0 aliphatic carbocycles. The SMILES string of the molecule is O=C(Nc1cccc([N+](=O)[O-])c1OCc1ccccc1)c1ccc(OCCCCc2ccccc2)cc1. The Bertz CT molecular complexity index is 1310. The molecule has 4 aromatic carbocycles. The first-order valence-electron chi connectivity index (χ1n) is 12.1. The number of carbonyl (C=O) groups is 1. The Morgan fingerprint density at radius 1 is 0.757 bits per heavy atom. The predicted molar refractivity (Wildman–Crippen MR) is 143 cm³/mol. The molecule has 1 N–H and O–H groups in total. The molecule has 0 radical (unpaired) electrons. The molecule has 0 spiro atoms. The van der Waals surface area contributed by atoms with Crippen LogP contribution in [0.25, 0.3) is 0 Å². The van der Waals surface area contributed by atoms with E-state index in [1.54, 1.807) is 30.3 Å². The Morgan fingerprint density at radius 2 is 1.43 bits per heavy atom. The fraction of sp³-hybridized carbons (Fsp3) is 0.167. The van der Waals surface area contributed by atoms with E-state index in [0.29, 0.717) is 17.9 Å². The number of anilines is 1. The normalized spacial score (nSPS) is 10.5. The van der Waals surface area contributed by atoms with Crippen LogP contribution in [0, 0.1) is 10.1 Å². The highest BCUT2D eigenvalue weighted by atomic mass is 16.6. The summed E-state index contributed by atoms with van der Waals surface area (Å²) in [5, 5.41) is 14.3. The van der Waals surface area contributed by atoms with Crippen LogP contribution in [0.5, 0.6) is 11.5 Å². The second kappa shape index (κ2) is 12.9. The minimum atomic E-state index is -0.526. The van der Waals surface area contributed by atoms with Crippen molar-refractivity contribution >= 4 is 17.3 Å². The molecular weight excluding hydrogens is 468 g/mol. The third-order valence-corrected chi connectivity index (χ3v) is 5.75. The van der Waals surface area contributed by atoms with E-state index < -0.39 is 10.8 Å². The predicted octanol–water partition coefficient (Wildman–Crippen LogP) is 6.83. The zero-order chi connectivity index (χ0) is 25.9. The lowest BCUT2D eigenvalue weighted by Crippen LogP contribution is -2.13. The van der Waals surface area contributed by atoms with Crippen LogP contribution in [-0.2, 0) is 13.0 Å². The lowest BCUT2D eigenvalue weighted by atomic mass is 10.1. The molecule has 0 saturated heterocycles. The number of ether oxygens (including phenoxy) is 2. The number of benzene rings is 4. The van der Waals surface area contributed by atoms with Crippen molar-refractivity contribution < 1.29 is 19.2 Å². The molecule has 0 aromatic heterocycles. The van der Waals surface area contributed by atoms with Crippen molar-refractivity contribution in [1.29, 1.82) is 0 Å². The van der Waals surface area contributed by atoms with Gasteiger partial charge in [-0.05, 0) is 60.7 Å². The van der Waals surface area contributed by atoms with Gasteiger partial charge in [-0.3, -0.25) is 14.9 Å². The number of para-hydroxylation sites is 1. The van der Waals surface area contributed by atoms with Crippen molar-refractivity contribution in [2.75, 3.05) is 11.9 Å². The molecule has 0 fully saturated rings. The van der Waals surface area contributed by atoms with Crippen LogP contribution in [0.2, 0.25) is 0 Å². The Labute approximate surface area is 215 Å². The molecule has 0 saturated carbocycles. The number of amides is 1. The van der Waals surface area contributed by atoms with Gasteiger partial charge in [0.15, 0.2) is 0 Å². The number of rotatable bonds is 12. The highest BCUT2D eigenvalue weighted by molar-refractivity contribution is 6.05. The van der Waals surface area contributed by atoms with Gasteiger partial charge < -0.3 is 14.8 Å². The fourth-order valence-corrected chi connectivity index (χ4v) is 3.81. The highest BCUT2D eigenvalue weighted by Crippen LogP contribution is 2.36. The molecule has 0 heterocycles. The molecule has 4 aromatic rings. The van der Waals surface area contributed by atoms with E-state index in [1.807, 2.05) is 48.5 Å². The quantitative estimate of drug-likeness (QED) is 0.132. The van der Waals surface area contributed by atoms with Gasteiger partial charge in [-0.15, -0.1) is 0 Å². The molecule has 7 heteroatoms. The van der Waals surface area contributed by atoms with Crippen LogP contribution in [0.4, 0.5) is 11.4 Å². The van der Waals surface area contributed by atoms with Crippen molar-refractivity contribution in [1.82, 2.24) is 0 Å². The van der Waals surface area contributed by atoms with E-state index in [0.717, 1.165) is 24.8 Å². The molecule has 188 valence electrons. The number of unbranched alkanes of at least 4 members (excludes halogenated alkanes) is 1. The molecule has 37 heavy (non-hydrogen) atoms. The zero-order valence-electron chi connectivity index (χ0n) is 20.3. The van der Waals surface area contributed by atoms with Gasteiger partial charge in [0.25, 0.3) is 5.91 Å². The van der Waals surface area contributed by atoms with Gasteiger partial charge in [-0.25, -0.2) is 0 Å². The summed E-state index contributed by atoms with van der Waals surface area (Å²) in [5.41, 5.74) is 2.58. The number of hydrogen-bond donors (Lipinski definition) is 1. The summed E-state index contributed by atoms with van der Waals surface area (Å²) in [6, 6.07) is 30.9. The van der Waals surface area contributed by atoms with Gasteiger partial charge >= 0.3 is 5.69 Å². The van der Waals surface area contributed by atoms with Crippen LogP contribution in [0.1, 0.15) is 34.3 Å². The van der Waals surface area contributed by atoms with E-state index >= 15 is 0 Å². The maximum absolute atomic E-state index is 12.9. The average molecular weight is 497 g/mol. The third kappa shape index (κ3) is 7.41. The smallest absolute Gasteiger partial charge is 0.313 e.